The average Bonchev–Trinajstić information content (AvgIpc) is 2.32. The molecule has 0 heterocycles. The van der Waals surface area contributed by atoms with E-state index in [4.69, 9.17) is 5.84 Å². The van der Waals surface area contributed by atoms with Crippen molar-refractivity contribution in [3.8, 4) is 0 Å². The number of nitrogens with zero attached hydrogens (tertiary/aromatic N) is 1. The molecular formula is C10H20Cl2N2O4. The first kappa shape index (κ1) is 22.2. The molecule has 18 heavy (non-hydrogen) atoms. The number of halogens is 2. The minimum Gasteiger partial charge on any atom is -0.469 e. The summed E-state index contributed by atoms with van der Waals surface area (Å²) >= 11 is 0. The molecule has 0 aliphatic rings. The number of carbonyl (C=O) groups is 2. The molecule has 2 N–H and O–H groups in total. The van der Waals surface area contributed by atoms with Crippen molar-refractivity contribution in [1.82, 2.24) is 0 Å². The maximum Gasteiger partial charge on any atom is 0.354 e. The van der Waals surface area contributed by atoms with Gasteiger partial charge in [0.15, 0.2) is 0 Å². The van der Waals surface area contributed by atoms with Crippen molar-refractivity contribution in [2.75, 3.05) is 14.2 Å². The van der Waals surface area contributed by atoms with Crippen LogP contribution < -0.4 is 5.84 Å². The zero-order chi connectivity index (χ0) is 12.4. The Morgan fingerprint density at radius 2 is 1.56 bits per heavy atom. The fraction of sp³-hybridized carbons (Fsp3) is 0.700. The van der Waals surface area contributed by atoms with E-state index in [2.05, 4.69) is 14.6 Å². The molecule has 0 aliphatic heterocycles. The van der Waals surface area contributed by atoms with Gasteiger partial charge >= 0.3 is 11.9 Å². The molecule has 0 aliphatic carbocycles. The molecule has 0 amide bonds. The molecule has 8 heteroatoms. The Balaban J connectivity index is -0.00000112. The number of hydrogen-bond donors (Lipinski definition) is 1. The highest BCUT2D eigenvalue weighted by Crippen LogP contribution is 2.05. The normalized spacial score (nSPS) is 9.78. The van der Waals surface area contributed by atoms with Gasteiger partial charge in [-0.1, -0.05) is 6.42 Å². The molecule has 0 atom stereocenters. The van der Waals surface area contributed by atoms with Gasteiger partial charge in [0.25, 0.3) is 0 Å². The Morgan fingerprint density at radius 3 is 2.00 bits per heavy atom. The molecule has 0 rings (SSSR count). The van der Waals surface area contributed by atoms with Crippen LogP contribution in [0.2, 0.25) is 0 Å². The summed E-state index contributed by atoms with van der Waals surface area (Å²) < 4.78 is 8.99. The molecule has 0 saturated heterocycles. The van der Waals surface area contributed by atoms with Crippen molar-refractivity contribution in [3.05, 3.63) is 0 Å². The molecule has 0 bridgehead atoms. The van der Waals surface area contributed by atoms with Gasteiger partial charge in [-0.3, -0.25) is 4.79 Å². The topological polar surface area (TPSA) is 91.0 Å². The summed E-state index contributed by atoms with van der Waals surface area (Å²) in [7, 11) is 2.64. The summed E-state index contributed by atoms with van der Waals surface area (Å²) in [6.07, 6.45) is 3.13. The SMILES string of the molecule is COC(=O)CCCCCC(=NN)C(=O)OC.Cl.Cl. The predicted octanol–water partition coefficient (Wildman–Crippen LogP) is 1.44. The Bertz CT molecular complexity index is 273. The van der Waals surface area contributed by atoms with E-state index in [9.17, 15) is 9.59 Å². The summed E-state index contributed by atoms with van der Waals surface area (Å²) in [6.45, 7) is 0. The van der Waals surface area contributed by atoms with Crippen molar-refractivity contribution < 1.29 is 19.1 Å². The van der Waals surface area contributed by atoms with Crippen molar-refractivity contribution in [2.24, 2.45) is 10.9 Å². The highest BCUT2D eigenvalue weighted by Gasteiger charge is 2.10. The zero-order valence-corrected chi connectivity index (χ0v) is 12.1. The third-order valence-corrected chi connectivity index (χ3v) is 2.10. The minimum atomic E-state index is -0.504. The van der Waals surface area contributed by atoms with Gasteiger partial charge in [-0.2, -0.15) is 5.10 Å². The van der Waals surface area contributed by atoms with Crippen molar-refractivity contribution in [3.63, 3.8) is 0 Å². The zero-order valence-electron chi connectivity index (χ0n) is 10.5. The fourth-order valence-corrected chi connectivity index (χ4v) is 1.18. The van der Waals surface area contributed by atoms with Crippen LogP contribution in [0, 0.1) is 0 Å². The first-order valence-electron chi connectivity index (χ1n) is 5.07. The van der Waals surface area contributed by atoms with Crippen molar-refractivity contribution in [1.29, 1.82) is 0 Å². The van der Waals surface area contributed by atoms with E-state index in [1.54, 1.807) is 0 Å². The average molecular weight is 303 g/mol. The van der Waals surface area contributed by atoms with E-state index in [1.807, 2.05) is 0 Å². The van der Waals surface area contributed by atoms with Crippen LogP contribution in [0.5, 0.6) is 0 Å². The number of nitrogens with two attached hydrogens (primary N) is 1. The molecule has 0 saturated carbocycles. The van der Waals surface area contributed by atoms with Gasteiger partial charge in [0.1, 0.15) is 5.71 Å². The second kappa shape index (κ2) is 14.1. The maximum absolute atomic E-state index is 11.1. The number of unbranched alkanes of at least 4 members (excludes halogenated alkanes) is 2. The van der Waals surface area contributed by atoms with E-state index >= 15 is 0 Å². The Hall–Kier alpha value is -1.01. The summed E-state index contributed by atoms with van der Waals surface area (Å²) in [6, 6.07) is 0. The molecule has 0 aromatic rings. The number of ether oxygens (including phenoxy) is 2. The van der Waals surface area contributed by atoms with Crippen LogP contribution in [0.4, 0.5) is 0 Å². The molecule has 0 fully saturated rings. The van der Waals surface area contributed by atoms with Crippen LogP contribution in [-0.4, -0.2) is 31.9 Å². The molecule has 0 radical (unpaired) electrons. The lowest BCUT2D eigenvalue weighted by Crippen LogP contribution is -2.17. The van der Waals surface area contributed by atoms with E-state index in [1.165, 1.54) is 14.2 Å². The first-order chi connectivity index (χ1) is 7.65. The predicted molar refractivity (Wildman–Crippen MR) is 73.2 cm³/mol. The fourth-order valence-electron chi connectivity index (χ4n) is 1.18. The lowest BCUT2D eigenvalue weighted by atomic mass is 10.1. The minimum absolute atomic E-state index is 0. The number of hydrogen-bond acceptors (Lipinski definition) is 6. The van der Waals surface area contributed by atoms with E-state index in [0.29, 0.717) is 12.8 Å². The van der Waals surface area contributed by atoms with Gasteiger partial charge in [0.2, 0.25) is 0 Å². The van der Waals surface area contributed by atoms with Crippen LogP contribution in [0.25, 0.3) is 0 Å². The number of methoxy groups -OCH3 is 2. The standard InChI is InChI=1S/C10H18N2O4.2ClH/c1-15-9(13)7-5-3-4-6-8(12-11)10(14)16-2;;/h3-7,11H2,1-2H3;2*1H. The number of carbonyl (C=O) groups excluding carboxylic acids is 2. The van der Waals surface area contributed by atoms with Gasteiger partial charge in [-0.15, -0.1) is 24.8 Å². The van der Waals surface area contributed by atoms with Gasteiger partial charge in [-0.05, 0) is 19.3 Å². The van der Waals surface area contributed by atoms with E-state index in [0.717, 1.165) is 19.3 Å². The molecule has 0 aromatic carbocycles. The Labute approximate surface area is 119 Å². The number of esters is 2. The monoisotopic (exact) mass is 302 g/mol. The van der Waals surface area contributed by atoms with Crippen molar-refractivity contribution in [2.45, 2.75) is 32.1 Å². The van der Waals surface area contributed by atoms with Gasteiger partial charge in [-0.25, -0.2) is 4.79 Å². The van der Waals surface area contributed by atoms with Crippen molar-refractivity contribution >= 4 is 42.5 Å². The van der Waals surface area contributed by atoms with Gasteiger partial charge in [0, 0.05) is 6.42 Å². The summed E-state index contributed by atoms with van der Waals surface area (Å²) in [5, 5.41) is 3.36. The lowest BCUT2D eigenvalue weighted by molar-refractivity contribution is -0.140. The van der Waals surface area contributed by atoms with E-state index < -0.39 is 5.97 Å². The molecule has 108 valence electrons. The Morgan fingerprint density at radius 1 is 1.00 bits per heavy atom. The lowest BCUT2D eigenvalue weighted by Gasteiger charge is -2.02. The largest absolute Gasteiger partial charge is 0.469 e. The maximum atomic E-state index is 11.1. The van der Waals surface area contributed by atoms with Crippen LogP contribution >= 0.6 is 24.8 Å². The van der Waals surface area contributed by atoms with Gasteiger partial charge in [0.05, 0.1) is 14.2 Å². The highest BCUT2D eigenvalue weighted by atomic mass is 35.5. The summed E-state index contributed by atoms with van der Waals surface area (Å²) in [5.74, 6) is 4.32. The molecule has 0 unspecified atom stereocenters. The molecule has 0 aromatic heterocycles. The third-order valence-electron chi connectivity index (χ3n) is 2.10. The smallest absolute Gasteiger partial charge is 0.354 e. The van der Waals surface area contributed by atoms with E-state index in [-0.39, 0.29) is 36.5 Å². The number of hydrazone groups is 1. The summed E-state index contributed by atoms with van der Waals surface area (Å²) in [5.41, 5.74) is 0.223. The number of rotatable bonds is 7. The van der Waals surface area contributed by atoms with Crippen LogP contribution in [0.3, 0.4) is 0 Å². The molecule has 6 nitrogen and oxygen atoms in total. The molecule has 0 spiro atoms. The van der Waals surface area contributed by atoms with Crippen LogP contribution in [0.1, 0.15) is 32.1 Å². The third kappa shape index (κ3) is 10.2. The first-order valence-corrected chi connectivity index (χ1v) is 5.07. The highest BCUT2D eigenvalue weighted by molar-refractivity contribution is 6.36. The second-order valence-corrected chi connectivity index (χ2v) is 3.20. The summed E-state index contributed by atoms with van der Waals surface area (Å²) in [4.78, 5) is 21.8. The van der Waals surface area contributed by atoms with Gasteiger partial charge < -0.3 is 15.3 Å². The van der Waals surface area contributed by atoms with Crippen LogP contribution in [0.15, 0.2) is 5.10 Å². The van der Waals surface area contributed by atoms with Crippen LogP contribution in [-0.2, 0) is 19.1 Å². The second-order valence-electron chi connectivity index (χ2n) is 3.20. The quantitative estimate of drug-likeness (QED) is 0.253. The molecular weight excluding hydrogens is 283 g/mol. The Kier molecular flexibility index (Phi) is 17.3.